The molecule has 1 heterocycles. The number of aromatic amines is 1. The molecule has 0 radical (unpaired) electrons. The van der Waals surface area contributed by atoms with E-state index in [0.717, 1.165) is 23.6 Å². The van der Waals surface area contributed by atoms with Gasteiger partial charge in [0.2, 0.25) is 5.91 Å². The van der Waals surface area contributed by atoms with Gasteiger partial charge in [0.05, 0.1) is 6.54 Å². The number of fused-ring (bicyclic) bond motifs is 2. The van der Waals surface area contributed by atoms with Gasteiger partial charge in [0, 0.05) is 16.8 Å². The molecule has 29 heavy (non-hydrogen) atoms. The first-order chi connectivity index (χ1) is 14.0. The van der Waals surface area contributed by atoms with Crippen molar-refractivity contribution in [2.45, 2.75) is 32.2 Å². The van der Waals surface area contributed by atoms with Gasteiger partial charge in [0.15, 0.2) is 5.78 Å². The van der Waals surface area contributed by atoms with Crippen molar-refractivity contribution < 1.29 is 9.59 Å². The van der Waals surface area contributed by atoms with E-state index in [1.807, 2.05) is 30.3 Å². The number of ketones is 1. The normalized spacial score (nSPS) is 13.1. The number of H-pyrrole nitrogens is 1. The lowest BCUT2D eigenvalue weighted by Crippen LogP contribution is -2.41. The van der Waals surface area contributed by atoms with E-state index in [0.29, 0.717) is 29.7 Å². The molecule has 3 aromatic rings. The molecule has 0 spiro atoms. The van der Waals surface area contributed by atoms with Gasteiger partial charge in [-0.25, -0.2) is 4.79 Å². The van der Waals surface area contributed by atoms with Crippen molar-refractivity contribution in [3.63, 3.8) is 0 Å². The van der Waals surface area contributed by atoms with Crippen molar-refractivity contribution in [1.29, 1.82) is 0 Å². The first kappa shape index (κ1) is 18.9. The first-order valence-corrected chi connectivity index (χ1v) is 9.66. The molecular weight excluding hydrogens is 370 g/mol. The molecule has 0 aliphatic heterocycles. The highest BCUT2D eigenvalue weighted by Gasteiger charge is 2.20. The largest absolute Gasteiger partial charge is 0.347 e. The molecule has 0 bridgehead atoms. The highest BCUT2D eigenvalue weighted by atomic mass is 16.2. The SMILES string of the molecule is O=C(Cn1c2c(c(=O)[nH]c1=O)CCCC2)NCC(=O)c1ccc2ccccc2c1. The Morgan fingerprint density at radius 1 is 1.00 bits per heavy atom. The van der Waals surface area contributed by atoms with Crippen LogP contribution in [0.15, 0.2) is 52.1 Å². The van der Waals surface area contributed by atoms with Crippen molar-refractivity contribution >= 4 is 22.5 Å². The number of benzene rings is 2. The lowest BCUT2D eigenvalue weighted by molar-refractivity contribution is -0.121. The Bertz CT molecular complexity index is 1220. The summed E-state index contributed by atoms with van der Waals surface area (Å²) < 4.78 is 1.31. The summed E-state index contributed by atoms with van der Waals surface area (Å²) in [6.07, 6.45) is 2.96. The highest BCUT2D eigenvalue weighted by Crippen LogP contribution is 2.17. The average molecular weight is 391 g/mol. The van der Waals surface area contributed by atoms with Gasteiger partial charge < -0.3 is 5.32 Å². The van der Waals surface area contributed by atoms with Gasteiger partial charge in [0.25, 0.3) is 5.56 Å². The molecule has 0 fully saturated rings. The van der Waals surface area contributed by atoms with Crippen molar-refractivity contribution in [3.8, 4) is 0 Å². The highest BCUT2D eigenvalue weighted by molar-refractivity contribution is 6.02. The minimum absolute atomic E-state index is 0.155. The van der Waals surface area contributed by atoms with E-state index in [4.69, 9.17) is 0 Å². The quantitative estimate of drug-likeness (QED) is 0.645. The summed E-state index contributed by atoms with van der Waals surface area (Å²) in [7, 11) is 0. The second-order valence-corrected chi connectivity index (χ2v) is 7.24. The molecule has 7 nitrogen and oxygen atoms in total. The molecule has 1 aliphatic carbocycles. The van der Waals surface area contributed by atoms with Crippen LogP contribution in [0.1, 0.15) is 34.5 Å². The Morgan fingerprint density at radius 3 is 2.59 bits per heavy atom. The number of carbonyl (C=O) groups is 2. The van der Waals surface area contributed by atoms with Crippen LogP contribution in [0, 0.1) is 0 Å². The predicted octanol–water partition coefficient (Wildman–Crippen LogP) is 1.57. The lowest BCUT2D eigenvalue weighted by atomic mass is 9.97. The molecular formula is C22H21N3O4. The van der Waals surface area contributed by atoms with Crippen LogP contribution < -0.4 is 16.6 Å². The third-order valence-corrected chi connectivity index (χ3v) is 5.32. The Morgan fingerprint density at radius 2 is 1.76 bits per heavy atom. The summed E-state index contributed by atoms with van der Waals surface area (Å²) in [6, 6.07) is 13.1. The Labute approximate surface area is 166 Å². The maximum absolute atomic E-state index is 12.5. The number of hydrogen-bond acceptors (Lipinski definition) is 4. The molecule has 2 N–H and O–H groups in total. The zero-order valence-corrected chi connectivity index (χ0v) is 15.9. The smallest absolute Gasteiger partial charge is 0.329 e. The molecule has 1 aliphatic rings. The Balaban J connectivity index is 1.46. The molecule has 1 aromatic heterocycles. The summed E-state index contributed by atoms with van der Waals surface area (Å²) in [5.74, 6) is -0.652. The van der Waals surface area contributed by atoms with Crippen LogP contribution in [0.3, 0.4) is 0 Å². The Hall–Kier alpha value is -3.48. The van der Waals surface area contributed by atoms with E-state index in [2.05, 4.69) is 10.3 Å². The van der Waals surface area contributed by atoms with Crippen molar-refractivity contribution in [2.24, 2.45) is 0 Å². The monoisotopic (exact) mass is 391 g/mol. The van der Waals surface area contributed by atoms with Gasteiger partial charge >= 0.3 is 5.69 Å². The summed E-state index contributed by atoms with van der Waals surface area (Å²) in [5, 5.41) is 4.58. The summed E-state index contributed by atoms with van der Waals surface area (Å²) >= 11 is 0. The van der Waals surface area contributed by atoms with Gasteiger partial charge in [0.1, 0.15) is 6.54 Å². The van der Waals surface area contributed by atoms with E-state index >= 15 is 0 Å². The molecule has 1 amide bonds. The lowest BCUT2D eigenvalue weighted by Gasteiger charge is -2.19. The first-order valence-electron chi connectivity index (χ1n) is 9.66. The van der Waals surface area contributed by atoms with Crippen LogP contribution in [0.25, 0.3) is 10.8 Å². The van der Waals surface area contributed by atoms with Crippen LogP contribution in [0.4, 0.5) is 0 Å². The van der Waals surface area contributed by atoms with Crippen molar-refractivity contribution in [3.05, 3.63) is 80.1 Å². The van der Waals surface area contributed by atoms with E-state index in [-0.39, 0.29) is 24.4 Å². The molecule has 0 atom stereocenters. The Kier molecular flexibility index (Phi) is 5.12. The predicted molar refractivity (Wildman–Crippen MR) is 109 cm³/mol. The van der Waals surface area contributed by atoms with E-state index in [1.165, 1.54) is 4.57 Å². The number of carbonyl (C=O) groups excluding carboxylic acids is 2. The molecule has 0 unspecified atom stereocenters. The van der Waals surface area contributed by atoms with Gasteiger partial charge in [-0.1, -0.05) is 36.4 Å². The number of rotatable bonds is 5. The minimum Gasteiger partial charge on any atom is -0.347 e. The van der Waals surface area contributed by atoms with Gasteiger partial charge in [-0.3, -0.25) is 23.9 Å². The minimum atomic E-state index is -0.591. The van der Waals surface area contributed by atoms with Crippen LogP contribution in [-0.4, -0.2) is 27.8 Å². The van der Waals surface area contributed by atoms with Gasteiger partial charge in [-0.05, 0) is 42.5 Å². The number of amides is 1. The van der Waals surface area contributed by atoms with Crippen molar-refractivity contribution in [1.82, 2.24) is 14.9 Å². The van der Waals surface area contributed by atoms with Crippen molar-refractivity contribution in [2.75, 3.05) is 6.54 Å². The third kappa shape index (κ3) is 3.89. The molecule has 0 saturated heterocycles. The zero-order chi connectivity index (χ0) is 20.4. The second-order valence-electron chi connectivity index (χ2n) is 7.24. The topological polar surface area (TPSA) is 101 Å². The number of nitrogens with one attached hydrogen (secondary N) is 2. The fraction of sp³-hybridized carbons (Fsp3) is 0.273. The number of aromatic nitrogens is 2. The van der Waals surface area contributed by atoms with Gasteiger partial charge in [-0.15, -0.1) is 0 Å². The maximum atomic E-state index is 12.5. The van der Waals surface area contributed by atoms with E-state index < -0.39 is 11.6 Å². The third-order valence-electron chi connectivity index (χ3n) is 5.32. The van der Waals surface area contributed by atoms with Crippen LogP contribution in [-0.2, 0) is 24.2 Å². The van der Waals surface area contributed by atoms with E-state index in [9.17, 15) is 19.2 Å². The zero-order valence-electron chi connectivity index (χ0n) is 15.9. The standard InChI is InChI=1S/C22H21N3O4/c26-19(16-10-9-14-5-1-2-6-15(14)11-16)12-23-20(27)13-25-18-8-4-3-7-17(18)21(28)24-22(25)29/h1-2,5-6,9-11H,3-4,7-8,12-13H2,(H,23,27)(H,24,28,29). The van der Waals surface area contributed by atoms with Crippen LogP contribution in [0.2, 0.25) is 0 Å². The fourth-order valence-electron chi connectivity index (χ4n) is 3.80. The van der Waals surface area contributed by atoms with Gasteiger partial charge in [-0.2, -0.15) is 0 Å². The second kappa shape index (κ2) is 7.87. The summed E-state index contributed by atoms with van der Waals surface area (Å²) in [6.45, 7) is -0.375. The van der Waals surface area contributed by atoms with Crippen LogP contribution in [0.5, 0.6) is 0 Å². The molecule has 4 rings (SSSR count). The fourth-order valence-corrected chi connectivity index (χ4v) is 3.80. The molecule has 148 valence electrons. The summed E-state index contributed by atoms with van der Waals surface area (Å²) in [4.78, 5) is 51.3. The maximum Gasteiger partial charge on any atom is 0.329 e. The van der Waals surface area contributed by atoms with Crippen LogP contribution >= 0.6 is 0 Å². The molecule has 0 saturated carbocycles. The molecule has 2 aromatic carbocycles. The summed E-state index contributed by atoms with van der Waals surface area (Å²) in [5.41, 5.74) is 0.763. The number of nitrogens with zero attached hydrogens (tertiary/aromatic N) is 1. The number of Topliss-reactive ketones (excluding diaryl/α,β-unsaturated/α-hetero) is 1. The molecule has 7 heteroatoms. The van der Waals surface area contributed by atoms with E-state index in [1.54, 1.807) is 12.1 Å². The average Bonchev–Trinajstić information content (AvgIpc) is 2.74. The number of hydrogen-bond donors (Lipinski definition) is 2.